The van der Waals surface area contributed by atoms with Crippen LogP contribution < -0.4 is 9.47 Å². The van der Waals surface area contributed by atoms with Gasteiger partial charge >= 0.3 is 0 Å². The number of carbonyl (C=O) groups is 1. The van der Waals surface area contributed by atoms with Crippen molar-refractivity contribution in [3.63, 3.8) is 0 Å². The summed E-state index contributed by atoms with van der Waals surface area (Å²) in [5.41, 5.74) is 0. The molecule has 3 unspecified atom stereocenters. The van der Waals surface area contributed by atoms with E-state index in [0.29, 0.717) is 23.3 Å². The second-order valence-electron chi connectivity index (χ2n) is 6.30. The molecule has 5 nitrogen and oxygen atoms in total. The van der Waals surface area contributed by atoms with Gasteiger partial charge in [-0.25, -0.2) is 0 Å². The number of furan rings is 1. The molecule has 0 radical (unpaired) electrons. The maximum atomic E-state index is 13.0. The van der Waals surface area contributed by atoms with Crippen LogP contribution in [0.25, 0.3) is 0 Å². The highest BCUT2D eigenvalue weighted by Gasteiger charge is 2.37. The number of hydrogen-bond acceptors (Lipinski definition) is 5. The Bertz CT molecular complexity index is 733. The molecule has 6 heteroatoms. The molecule has 1 aromatic heterocycles. The van der Waals surface area contributed by atoms with Crippen molar-refractivity contribution in [1.82, 2.24) is 4.90 Å². The molecule has 1 aromatic carbocycles. The van der Waals surface area contributed by atoms with E-state index in [2.05, 4.69) is 0 Å². The minimum absolute atomic E-state index is 0.00250. The van der Waals surface area contributed by atoms with Crippen LogP contribution in [0.5, 0.6) is 11.5 Å². The van der Waals surface area contributed by atoms with Crippen molar-refractivity contribution >= 4 is 17.7 Å². The monoisotopic (exact) mass is 359 g/mol. The molecule has 0 spiro atoms. The first kappa shape index (κ1) is 16.4. The van der Waals surface area contributed by atoms with Gasteiger partial charge in [0.05, 0.1) is 11.5 Å². The SMILES string of the molecule is CC1Oc2ccccc2OC1C(=O)N1CCSC(c2ccco2)CC1. The Labute approximate surface area is 151 Å². The lowest BCUT2D eigenvalue weighted by molar-refractivity contribution is -0.144. The highest BCUT2D eigenvalue weighted by molar-refractivity contribution is 7.99. The fourth-order valence-corrected chi connectivity index (χ4v) is 4.44. The maximum Gasteiger partial charge on any atom is 0.267 e. The molecule has 1 fully saturated rings. The molecule has 1 saturated heterocycles. The largest absolute Gasteiger partial charge is 0.482 e. The highest BCUT2D eigenvalue weighted by atomic mass is 32.2. The summed E-state index contributed by atoms with van der Waals surface area (Å²) >= 11 is 1.84. The molecule has 2 aliphatic rings. The topological polar surface area (TPSA) is 51.9 Å². The number of benzene rings is 1. The standard InChI is InChI=1S/C19H21NO4S/c1-13-18(24-15-6-3-2-5-14(15)23-13)19(21)20-9-8-17(25-12-10-20)16-7-4-11-22-16/h2-7,11,13,17-18H,8-10,12H2,1H3. The van der Waals surface area contributed by atoms with Crippen molar-refractivity contribution in [2.45, 2.75) is 30.8 Å². The molecule has 0 N–H and O–H groups in total. The van der Waals surface area contributed by atoms with Crippen molar-refractivity contribution in [2.75, 3.05) is 18.8 Å². The Morgan fingerprint density at radius 1 is 1.12 bits per heavy atom. The van der Waals surface area contributed by atoms with E-state index in [1.807, 2.05) is 60.0 Å². The third kappa shape index (κ3) is 3.35. The van der Waals surface area contributed by atoms with Crippen molar-refractivity contribution in [2.24, 2.45) is 0 Å². The molecule has 3 atom stereocenters. The summed E-state index contributed by atoms with van der Waals surface area (Å²) in [5.74, 6) is 3.21. The lowest BCUT2D eigenvalue weighted by Gasteiger charge is -2.34. The molecule has 2 aliphatic heterocycles. The molecule has 4 rings (SSSR count). The minimum atomic E-state index is -0.597. The zero-order valence-corrected chi connectivity index (χ0v) is 14.9. The van der Waals surface area contributed by atoms with Gasteiger partial charge in [0.1, 0.15) is 11.9 Å². The number of para-hydroxylation sites is 2. The summed E-state index contributed by atoms with van der Waals surface area (Å²) in [7, 11) is 0. The number of rotatable bonds is 2. The van der Waals surface area contributed by atoms with Crippen LogP contribution in [0.2, 0.25) is 0 Å². The molecular weight excluding hydrogens is 338 g/mol. The van der Waals surface area contributed by atoms with Gasteiger partial charge in [-0.2, -0.15) is 0 Å². The van der Waals surface area contributed by atoms with Crippen LogP contribution in [0.3, 0.4) is 0 Å². The molecule has 0 bridgehead atoms. The molecule has 2 aromatic rings. The van der Waals surface area contributed by atoms with Crippen LogP contribution in [0.1, 0.15) is 24.4 Å². The van der Waals surface area contributed by atoms with E-state index in [1.54, 1.807) is 6.26 Å². The van der Waals surface area contributed by atoms with E-state index in [-0.39, 0.29) is 12.0 Å². The molecule has 0 aliphatic carbocycles. The van der Waals surface area contributed by atoms with Gasteiger partial charge in [-0.15, -0.1) is 11.8 Å². The van der Waals surface area contributed by atoms with Gasteiger partial charge in [0.25, 0.3) is 5.91 Å². The van der Waals surface area contributed by atoms with Crippen LogP contribution in [0.15, 0.2) is 47.1 Å². The van der Waals surface area contributed by atoms with Gasteiger partial charge in [0.2, 0.25) is 6.10 Å². The zero-order chi connectivity index (χ0) is 17.2. The summed E-state index contributed by atoms with van der Waals surface area (Å²) in [6, 6.07) is 11.4. The summed E-state index contributed by atoms with van der Waals surface area (Å²) in [6.07, 6.45) is 1.68. The third-order valence-electron chi connectivity index (χ3n) is 4.60. The van der Waals surface area contributed by atoms with E-state index in [1.165, 1.54) is 0 Å². The minimum Gasteiger partial charge on any atom is -0.482 e. The van der Waals surface area contributed by atoms with Gasteiger partial charge in [0.15, 0.2) is 11.5 Å². The van der Waals surface area contributed by atoms with Gasteiger partial charge in [-0.3, -0.25) is 4.79 Å². The van der Waals surface area contributed by atoms with Gasteiger partial charge in [0, 0.05) is 18.8 Å². The van der Waals surface area contributed by atoms with Crippen LogP contribution in [-0.2, 0) is 4.79 Å². The Morgan fingerprint density at radius 3 is 2.68 bits per heavy atom. The Balaban J connectivity index is 1.44. The Morgan fingerprint density at radius 2 is 1.92 bits per heavy atom. The predicted octanol–water partition coefficient (Wildman–Crippen LogP) is 3.51. The normalized spacial score (nSPS) is 26.1. The summed E-state index contributed by atoms with van der Waals surface area (Å²) in [4.78, 5) is 14.9. The average molecular weight is 359 g/mol. The quantitative estimate of drug-likeness (QED) is 0.821. The maximum absolute atomic E-state index is 13.0. The molecule has 0 saturated carbocycles. The lowest BCUT2D eigenvalue weighted by atomic mass is 10.1. The Hall–Kier alpha value is -2.08. The van der Waals surface area contributed by atoms with E-state index < -0.39 is 6.10 Å². The fraction of sp³-hybridized carbons (Fsp3) is 0.421. The van der Waals surface area contributed by atoms with Crippen LogP contribution >= 0.6 is 11.8 Å². The van der Waals surface area contributed by atoms with E-state index in [9.17, 15) is 4.79 Å². The smallest absolute Gasteiger partial charge is 0.267 e. The van der Waals surface area contributed by atoms with Crippen molar-refractivity contribution in [3.8, 4) is 11.5 Å². The number of thioether (sulfide) groups is 1. The summed E-state index contributed by atoms with van der Waals surface area (Å²) in [5, 5.41) is 0.300. The lowest BCUT2D eigenvalue weighted by Crippen LogP contribution is -2.51. The van der Waals surface area contributed by atoms with E-state index in [0.717, 1.165) is 24.5 Å². The number of hydrogen-bond donors (Lipinski definition) is 0. The van der Waals surface area contributed by atoms with Crippen LogP contribution in [0, 0.1) is 0 Å². The molecule has 25 heavy (non-hydrogen) atoms. The molecule has 3 heterocycles. The number of carbonyl (C=O) groups excluding carboxylic acids is 1. The number of amides is 1. The van der Waals surface area contributed by atoms with Crippen molar-refractivity contribution in [1.29, 1.82) is 0 Å². The number of fused-ring (bicyclic) bond motifs is 1. The highest BCUT2D eigenvalue weighted by Crippen LogP contribution is 2.36. The van der Waals surface area contributed by atoms with Crippen molar-refractivity contribution < 1.29 is 18.7 Å². The van der Waals surface area contributed by atoms with E-state index >= 15 is 0 Å². The number of ether oxygens (including phenoxy) is 2. The van der Waals surface area contributed by atoms with Gasteiger partial charge in [-0.05, 0) is 37.6 Å². The molecular formula is C19H21NO4S. The van der Waals surface area contributed by atoms with Gasteiger partial charge in [-0.1, -0.05) is 12.1 Å². The number of nitrogens with zero attached hydrogens (tertiary/aromatic N) is 1. The first-order valence-electron chi connectivity index (χ1n) is 8.58. The first-order valence-corrected chi connectivity index (χ1v) is 9.63. The van der Waals surface area contributed by atoms with Crippen LogP contribution in [0.4, 0.5) is 0 Å². The molecule has 1 amide bonds. The summed E-state index contributed by atoms with van der Waals surface area (Å²) < 4.78 is 17.4. The van der Waals surface area contributed by atoms with Gasteiger partial charge < -0.3 is 18.8 Å². The predicted molar refractivity (Wildman–Crippen MR) is 96.1 cm³/mol. The van der Waals surface area contributed by atoms with Crippen LogP contribution in [-0.4, -0.2) is 41.9 Å². The second-order valence-corrected chi connectivity index (χ2v) is 7.61. The molecule has 132 valence electrons. The summed E-state index contributed by atoms with van der Waals surface area (Å²) in [6.45, 7) is 3.30. The Kier molecular flexibility index (Phi) is 4.61. The van der Waals surface area contributed by atoms with E-state index in [4.69, 9.17) is 13.9 Å². The fourth-order valence-electron chi connectivity index (χ4n) is 3.26. The second kappa shape index (κ2) is 7.04. The van der Waals surface area contributed by atoms with Crippen molar-refractivity contribution in [3.05, 3.63) is 48.4 Å². The average Bonchev–Trinajstić information content (AvgIpc) is 3.05. The third-order valence-corrected chi connectivity index (χ3v) is 5.89. The zero-order valence-electron chi connectivity index (χ0n) is 14.1. The first-order chi connectivity index (χ1) is 12.2.